The summed E-state index contributed by atoms with van der Waals surface area (Å²) in [5, 5.41) is 1.11. The predicted molar refractivity (Wildman–Crippen MR) is 80.0 cm³/mol. The van der Waals surface area contributed by atoms with Crippen LogP contribution in [0.3, 0.4) is 0 Å². The maximum Gasteiger partial charge on any atom is 0.171 e. The van der Waals surface area contributed by atoms with Gasteiger partial charge in [0, 0.05) is 6.92 Å². The first-order valence-corrected chi connectivity index (χ1v) is 8.12. The van der Waals surface area contributed by atoms with E-state index in [4.69, 9.17) is 4.98 Å². The van der Waals surface area contributed by atoms with E-state index in [-0.39, 0.29) is 5.78 Å². The van der Waals surface area contributed by atoms with Gasteiger partial charge < -0.3 is 0 Å². The predicted octanol–water partition coefficient (Wildman–Crippen LogP) is 3.85. The fraction of sp³-hybridized carbons (Fsp3) is 0.733. The van der Waals surface area contributed by atoms with Crippen LogP contribution in [0.5, 0.6) is 0 Å². The van der Waals surface area contributed by atoms with Crippen molar-refractivity contribution in [1.82, 2.24) is 9.88 Å². The van der Waals surface area contributed by atoms with Gasteiger partial charge in [-0.3, -0.25) is 9.69 Å². The molecular weight excluding hydrogens is 256 g/mol. The van der Waals surface area contributed by atoms with Crippen LogP contribution < -0.4 is 0 Å². The van der Waals surface area contributed by atoms with Gasteiger partial charge in [-0.15, -0.1) is 11.3 Å². The van der Waals surface area contributed by atoms with Crippen LogP contribution >= 0.6 is 11.3 Å². The van der Waals surface area contributed by atoms with E-state index in [9.17, 15) is 4.79 Å². The molecule has 106 valence electrons. The lowest BCUT2D eigenvalue weighted by Crippen LogP contribution is -2.23. The van der Waals surface area contributed by atoms with Crippen molar-refractivity contribution in [3.05, 3.63) is 15.6 Å². The molecule has 1 aromatic heterocycles. The van der Waals surface area contributed by atoms with Crippen LogP contribution in [-0.2, 0) is 6.54 Å². The molecule has 0 bridgehead atoms. The van der Waals surface area contributed by atoms with Crippen LogP contribution in [0.4, 0.5) is 0 Å². The Labute approximate surface area is 120 Å². The summed E-state index contributed by atoms with van der Waals surface area (Å²) in [6.07, 6.45) is 5.29. The van der Waals surface area contributed by atoms with Crippen LogP contribution in [0, 0.1) is 0 Å². The Morgan fingerprint density at radius 2 is 1.89 bits per heavy atom. The smallest absolute Gasteiger partial charge is 0.171 e. The minimum atomic E-state index is 0.156. The highest BCUT2D eigenvalue weighted by atomic mass is 32.1. The zero-order valence-corrected chi connectivity index (χ0v) is 13.1. The molecule has 0 saturated carbocycles. The van der Waals surface area contributed by atoms with E-state index in [2.05, 4.69) is 18.7 Å². The molecule has 0 radical (unpaired) electrons. The van der Waals surface area contributed by atoms with Crippen molar-refractivity contribution in [3.8, 4) is 0 Å². The molecule has 0 atom stereocenters. The van der Waals surface area contributed by atoms with E-state index in [0.717, 1.165) is 22.1 Å². The number of rotatable bonds is 4. The fourth-order valence-corrected chi connectivity index (χ4v) is 3.73. The Bertz CT molecular complexity index is 431. The van der Waals surface area contributed by atoms with Crippen LogP contribution in [0.15, 0.2) is 0 Å². The molecule has 2 rings (SSSR count). The van der Waals surface area contributed by atoms with Crippen LogP contribution in [0.1, 0.15) is 72.7 Å². The third-order valence-corrected chi connectivity index (χ3v) is 4.78. The molecule has 1 aliphatic rings. The summed E-state index contributed by atoms with van der Waals surface area (Å²) in [4.78, 5) is 19.7. The summed E-state index contributed by atoms with van der Waals surface area (Å²) < 4.78 is 0. The maximum atomic E-state index is 11.7. The number of likely N-dealkylation sites (tertiary alicyclic amines) is 1. The number of hydrogen-bond acceptors (Lipinski definition) is 4. The minimum Gasteiger partial charge on any atom is -0.297 e. The SMILES string of the molecule is CC(=O)c1sc(CN2CCCCCC2)nc1C(C)C. The van der Waals surface area contributed by atoms with Crippen LogP contribution in [-0.4, -0.2) is 28.8 Å². The summed E-state index contributed by atoms with van der Waals surface area (Å²) >= 11 is 1.59. The van der Waals surface area contributed by atoms with E-state index in [1.54, 1.807) is 18.3 Å². The van der Waals surface area contributed by atoms with E-state index in [0.29, 0.717) is 5.92 Å². The molecule has 1 fully saturated rings. The molecule has 19 heavy (non-hydrogen) atoms. The highest BCUT2D eigenvalue weighted by Gasteiger charge is 2.19. The first-order valence-electron chi connectivity index (χ1n) is 7.31. The molecule has 0 aliphatic carbocycles. The van der Waals surface area contributed by atoms with Gasteiger partial charge in [0.05, 0.1) is 17.1 Å². The summed E-state index contributed by atoms with van der Waals surface area (Å²) in [5.74, 6) is 0.483. The third kappa shape index (κ3) is 3.86. The Hall–Kier alpha value is -0.740. The maximum absolute atomic E-state index is 11.7. The van der Waals surface area contributed by atoms with Crippen molar-refractivity contribution < 1.29 is 4.79 Å². The zero-order valence-electron chi connectivity index (χ0n) is 12.2. The molecule has 4 heteroatoms. The van der Waals surface area contributed by atoms with Crippen molar-refractivity contribution >= 4 is 17.1 Å². The van der Waals surface area contributed by atoms with Gasteiger partial charge in [0.2, 0.25) is 0 Å². The second-order valence-corrected chi connectivity index (χ2v) is 6.81. The van der Waals surface area contributed by atoms with Crippen molar-refractivity contribution in [1.29, 1.82) is 0 Å². The molecule has 0 aromatic carbocycles. The summed E-state index contributed by atoms with van der Waals surface area (Å²) in [7, 11) is 0. The van der Waals surface area contributed by atoms with Gasteiger partial charge in [-0.1, -0.05) is 26.7 Å². The highest BCUT2D eigenvalue weighted by molar-refractivity contribution is 7.13. The van der Waals surface area contributed by atoms with Gasteiger partial charge in [0.1, 0.15) is 5.01 Å². The highest BCUT2D eigenvalue weighted by Crippen LogP contribution is 2.27. The number of carbonyl (C=O) groups is 1. The van der Waals surface area contributed by atoms with Crippen molar-refractivity contribution in [2.24, 2.45) is 0 Å². The van der Waals surface area contributed by atoms with Crippen LogP contribution in [0.2, 0.25) is 0 Å². The van der Waals surface area contributed by atoms with Gasteiger partial charge in [0.15, 0.2) is 5.78 Å². The Kier molecular flexibility index (Phi) is 5.11. The van der Waals surface area contributed by atoms with E-state index in [1.807, 2.05) is 0 Å². The summed E-state index contributed by atoms with van der Waals surface area (Å²) in [5.41, 5.74) is 0.988. The Morgan fingerprint density at radius 3 is 2.37 bits per heavy atom. The average molecular weight is 280 g/mol. The molecular formula is C15H24N2OS. The van der Waals surface area contributed by atoms with E-state index < -0.39 is 0 Å². The Balaban J connectivity index is 2.11. The van der Waals surface area contributed by atoms with Gasteiger partial charge in [-0.2, -0.15) is 0 Å². The molecule has 1 saturated heterocycles. The number of Topliss-reactive ketones (excluding diaryl/α,β-unsaturated/α-hetero) is 1. The first kappa shape index (κ1) is 14.7. The first-order chi connectivity index (χ1) is 9.08. The second kappa shape index (κ2) is 6.62. The second-order valence-electron chi connectivity index (χ2n) is 5.72. The lowest BCUT2D eigenvalue weighted by atomic mass is 10.1. The molecule has 0 unspecified atom stereocenters. The molecule has 2 heterocycles. The van der Waals surface area contributed by atoms with E-state index >= 15 is 0 Å². The fourth-order valence-electron chi connectivity index (χ4n) is 2.57. The minimum absolute atomic E-state index is 0.156. The third-order valence-electron chi connectivity index (χ3n) is 3.62. The van der Waals surface area contributed by atoms with Gasteiger partial charge in [-0.05, 0) is 31.8 Å². The average Bonchev–Trinajstić information content (AvgIpc) is 2.60. The monoisotopic (exact) mass is 280 g/mol. The zero-order chi connectivity index (χ0) is 13.8. The number of nitrogens with zero attached hydrogens (tertiary/aromatic N) is 2. The summed E-state index contributed by atoms with van der Waals surface area (Å²) in [6, 6.07) is 0. The largest absolute Gasteiger partial charge is 0.297 e. The quantitative estimate of drug-likeness (QED) is 0.786. The normalized spacial score (nSPS) is 17.7. The van der Waals surface area contributed by atoms with Gasteiger partial charge in [0.25, 0.3) is 0 Å². The van der Waals surface area contributed by atoms with Gasteiger partial charge in [-0.25, -0.2) is 4.98 Å². The lowest BCUT2D eigenvalue weighted by Gasteiger charge is -2.17. The van der Waals surface area contributed by atoms with Crippen molar-refractivity contribution in [2.75, 3.05) is 13.1 Å². The van der Waals surface area contributed by atoms with Crippen molar-refractivity contribution in [2.45, 2.75) is 58.9 Å². The van der Waals surface area contributed by atoms with E-state index in [1.165, 1.54) is 38.8 Å². The Morgan fingerprint density at radius 1 is 1.26 bits per heavy atom. The lowest BCUT2D eigenvalue weighted by molar-refractivity contribution is 0.102. The molecule has 1 aromatic rings. The molecule has 0 N–H and O–H groups in total. The standard InChI is InChI=1S/C15H24N2OS/c1-11(2)14-15(12(3)18)19-13(16-14)10-17-8-6-4-5-7-9-17/h11H,4-10H2,1-3H3. The number of thiazole rings is 1. The number of aromatic nitrogens is 1. The number of hydrogen-bond donors (Lipinski definition) is 0. The van der Waals surface area contributed by atoms with Gasteiger partial charge >= 0.3 is 0 Å². The summed E-state index contributed by atoms with van der Waals surface area (Å²) in [6.45, 7) is 9.12. The molecule has 1 aliphatic heterocycles. The number of ketones is 1. The van der Waals surface area contributed by atoms with Crippen LogP contribution in [0.25, 0.3) is 0 Å². The number of carbonyl (C=O) groups excluding carboxylic acids is 1. The van der Waals surface area contributed by atoms with Crippen molar-refractivity contribution in [3.63, 3.8) is 0 Å². The molecule has 0 spiro atoms. The molecule has 0 amide bonds. The molecule has 3 nitrogen and oxygen atoms in total. The topological polar surface area (TPSA) is 33.2 Å².